The summed E-state index contributed by atoms with van der Waals surface area (Å²) in [5.41, 5.74) is 5.70. The molecule has 56 valence electrons. The van der Waals surface area contributed by atoms with E-state index in [4.69, 9.17) is 0 Å². The number of hydrogen-bond donors (Lipinski definition) is 0. The first-order valence-corrected chi connectivity index (χ1v) is 4.05. The Bertz CT molecular complexity index is 309. The van der Waals surface area contributed by atoms with Crippen molar-refractivity contribution in [3.8, 4) is 0 Å². The monoisotopic (exact) mass is 144 g/mol. The Balaban J connectivity index is 2.55. The van der Waals surface area contributed by atoms with Crippen LogP contribution < -0.4 is 0 Å². The van der Waals surface area contributed by atoms with Crippen LogP contribution in [0.2, 0.25) is 0 Å². The first-order chi connectivity index (χ1) is 5.29. The number of fused-ring (bicyclic) bond motifs is 1. The van der Waals surface area contributed by atoms with E-state index in [9.17, 15) is 0 Å². The molecular formula is C11H12. The lowest BCUT2D eigenvalue weighted by Gasteiger charge is -2.04. The third-order valence-electron chi connectivity index (χ3n) is 2.44. The van der Waals surface area contributed by atoms with Crippen LogP contribution in [0.15, 0.2) is 46.6 Å². The maximum atomic E-state index is 2.29. The fourth-order valence-electron chi connectivity index (χ4n) is 1.62. The zero-order valence-electron chi connectivity index (χ0n) is 7.02. The van der Waals surface area contributed by atoms with Crippen molar-refractivity contribution >= 4 is 0 Å². The van der Waals surface area contributed by atoms with Crippen LogP contribution in [-0.2, 0) is 0 Å². The van der Waals surface area contributed by atoms with Gasteiger partial charge in [-0.1, -0.05) is 24.3 Å². The van der Waals surface area contributed by atoms with Crippen molar-refractivity contribution in [1.29, 1.82) is 0 Å². The Kier molecular flexibility index (Phi) is 1.35. The van der Waals surface area contributed by atoms with Gasteiger partial charge in [-0.2, -0.15) is 0 Å². The van der Waals surface area contributed by atoms with Crippen molar-refractivity contribution in [2.75, 3.05) is 0 Å². The van der Waals surface area contributed by atoms with Crippen molar-refractivity contribution in [2.24, 2.45) is 0 Å². The smallest absolute Gasteiger partial charge is 0.0157 e. The fourth-order valence-corrected chi connectivity index (χ4v) is 1.62. The molecule has 0 aromatic heterocycles. The van der Waals surface area contributed by atoms with Gasteiger partial charge in [0.15, 0.2) is 0 Å². The highest BCUT2D eigenvalue weighted by molar-refractivity contribution is 5.62. The van der Waals surface area contributed by atoms with E-state index >= 15 is 0 Å². The molecule has 0 spiro atoms. The van der Waals surface area contributed by atoms with Gasteiger partial charge in [0.25, 0.3) is 0 Å². The summed E-state index contributed by atoms with van der Waals surface area (Å²) >= 11 is 0. The number of rotatable bonds is 0. The van der Waals surface area contributed by atoms with Crippen LogP contribution in [0.4, 0.5) is 0 Å². The van der Waals surface area contributed by atoms with Crippen molar-refractivity contribution in [3.63, 3.8) is 0 Å². The zero-order valence-corrected chi connectivity index (χ0v) is 7.02. The average molecular weight is 144 g/mol. The van der Waals surface area contributed by atoms with Gasteiger partial charge in [-0.15, -0.1) is 0 Å². The second-order valence-electron chi connectivity index (χ2n) is 3.16. The lowest BCUT2D eigenvalue weighted by atomic mass is 10.0. The molecule has 0 aliphatic heterocycles. The molecule has 11 heavy (non-hydrogen) atoms. The van der Waals surface area contributed by atoms with Crippen LogP contribution >= 0.6 is 0 Å². The van der Waals surface area contributed by atoms with Crippen molar-refractivity contribution in [3.05, 3.63) is 46.6 Å². The van der Waals surface area contributed by atoms with E-state index in [-0.39, 0.29) is 0 Å². The summed E-state index contributed by atoms with van der Waals surface area (Å²) in [4.78, 5) is 0. The van der Waals surface area contributed by atoms with Crippen LogP contribution in [0.3, 0.4) is 0 Å². The summed E-state index contributed by atoms with van der Waals surface area (Å²) < 4.78 is 0. The summed E-state index contributed by atoms with van der Waals surface area (Å²) in [7, 11) is 0. The van der Waals surface area contributed by atoms with E-state index in [0.717, 1.165) is 6.42 Å². The highest BCUT2D eigenvalue weighted by Crippen LogP contribution is 2.33. The van der Waals surface area contributed by atoms with Gasteiger partial charge in [-0.3, -0.25) is 0 Å². The second-order valence-corrected chi connectivity index (χ2v) is 3.16. The van der Waals surface area contributed by atoms with E-state index in [0.29, 0.717) is 0 Å². The maximum absolute atomic E-state index is 2.29. The Morgan fingerprint density at radius 1 is 1.27 bits per heavy atom. The summed E-state index contributed by atoms with van der Waals surface area (Å²) in [6.07, 6.45) is 10.1. The van der Waals surface area contributed by atoms with Crippen molar-refractivity contribution in [2.45, 2.75) is 20.3 Å². The average Bonchev–Trinajstić information content (AvgIpc) is 2.30. The van der Waals surface area contributed by atoms with Gasteiger partial charge in [0.05, 0.1) is 0 Å². The predicted octanol–water partition coefficient (Wildman–Crippen LogP) is 3.15. The number of hydrogen-bond acceptors (Lipinski definition) is 0. The summed E-state index contributed by atoms with van der Waals surface area (Å²) in [5.74, 6) is 0. The van der Waals surface area contributed by atoms with E-state index in [1.165, 1.54) is 22.3 Å². The third kappa shape index (κ3) is 0.900. The molecule has 2 aliphatic rings. The second kappa shape index (κ2) is 2.23. The Morgan fingerprint density at radius 2 is 2.09 bits per heavy atom. The minimum absolute atomic E-state index is 1.09. The maximum Gasteiger partial charge on any atom is -0.0157 e. The summed E-state index contributed by atoms with van der Waals surface area (Å²) in [6, 6.07) is 0. The fraction of sp³-hybridized carbons (Fsp3) is 0.273. The normalized spacial score (nSPS) is 21.6. The van der Waals surface area contributed by atoms with E-state index in [1.807, 2.05) is 0 Å². The Morgan fingerprint density at radius 3 is 2.82 bits per heavy atom. The van der Waals surface area contributed by atoms with Crippen molar-refractivity contribution < 1.29 is 0 Å². The first-order valence-electron chi connectivity index (χ1n) is 4.05. The predicted molar refractivity (Wildman–Crippen MR) is 48.3 cm³/mol. The standard InChI is InChI=1S/C11H12/c1-8-7-10-5-3-4-6-11(10)9(8)2/h4-7H,3H2,1-2H3. The quantitative estimate of drug-likeness (QED) is 0.490. The lowest BCUT2D eigenvalue weighted by molar-refractivity contribution is 1.29. The Labute approximate surface area is 67.6 Å². The molecule has 0 bridgehead atoms. The van der Waals surface area contributed by atoms with E-state index in [2.05, 4.69) is 38.2 Å². The highest BCUT2D eigenvalue weighted by Gasteiger charge is 2.14. The molecule has 0 unspecified atom stereocenters. The van der Waals surface area contributed by atoms with Gasteiger partial charge in [0.1, 0.15) is 0 Å². The molecule has 0 atom stereocenters. The highest BCUT2D eigenvalue weighted by atomic mass is 14.2. The molecule has 0 fully saturated rings. The molecule has 0 N–H and O–H groups in total. The molecule has 0 saturated heterocycles. The largest absolute Gasteiger partial charge is 0.0801 e. The molecular weight excluding hydrogens is 132 g/mol. The molecule has 0 saturated carbocycles. The summed E-state index contributed by atoms with van der Waals surface area (Å²) in [5, 5.41) is 0. The van der Waals surface area contributed by atoms with Gasteiger partial charge in [0, 0.05) is 0 Å². The van der Waals surface area contributed by atoms with Gasteiger partial charge in [-0.25, -0.2) is 0 Å². The van der Waals surface area contributed by atoms with Crippen LogP contribution in [-0.4, -0.2) is 0 Å². The van der Waals surface area contributed by atoms with E-state index in [1.54, 1.807) is 0 Å². The molecule has 0 heteroatoms. The lowest BCUT2D eigenvalue weighted by Crippen LogP contribution is -1.85. The van der Waals surface area contributed by atoms with Crippen LogP contribution in [0.5, 0.6) is 0 Å². The van der Waals surface area contributed by atoms with Crippen molar-refractivity contribution in [1.82, 2.24) is 0 Å². The molecule has 0 nitrogen and oxygen atoms in total. The van der Waals surface area contributed by atoms with Gasteiger partial charge in [-0.05, 0) is 42.6 Å². The Hall–Kier alpha value is -1.04. The first kappa shape index (κ1) is 6.66. The van der Waals surface area contributed by atoms with E-state index < -0.39 is 0 Å². The molecule has 0 heterocycles. The van der Waals surface area contributed by atoms with Gasteiger partial charge in [0.2, 0.25) is 0 Å². The SMILES string of the molecule is CC1=CC2=CCC=CC2=C1C. The van der Waals surface area contributed by atoms with Gasteiger partial charge < -0.3 is 0 Å². The molecule has 2 rings (SSSR count). The summed E-state index contributed by atoms with van der Waals surface area (Å²) in [6.45, 7) is 4.37. The topological polar surface area (TPSA) is 0 Å². The minimum atomic E-state index is 1.09. The molecule has 2 aliphatic carbocycles. The molecule has 0 aromatic rings. The molecule has 0 aromatic carbocycles. The van der Waals surface area contributed by atoms with Crippen LogP contribution in [0.1, 0.15) is 20.3 Å². The molecule has 0 radical (unpaired) electrons. The number of allylic oxidation sites excluding steroid dienone is 8. The zero-order chi connectivity index (χ0) is 7.84. The third-order valence-corrected chi connectivity index (χ3v) is 2.44. The minimum Gasteiger partial charge on any atom is -0.0801 e. The van der Waals surface area contributed by atoms with Gasteiger partial charge >= 0.3 is 0 Å². The van der Waals surface area contributed by atoms with Crippen LogP contribution in [0.25, 0.3) is 0 Å². The van der Waals surface area contributed by atoms with Crippen LogP contribution in [0, 0.1) is 0 Å². The molecule has 0 amide bonds.